The lowest BCUT2D eigenvalue weighted by Crippen LogP contribution is -2.55. The Labute approximate surface area is 206 Å². The number of anilines is 1. The lowest BCUT2D eigenvalue weighted by molar-refractivity contribution is -0.123. The van der Waals surface area contributed by atoms with Crippen LogP contribution in [-0.2, 0) is 20.4 Å². The summed E-state index contributed by atoms with van der Waals surface area (Å²) in [6, 6.07) is 12.7. The number of amides is 1. The van der Waals surface area contributed by atoms with Crippen molar-refractivity contribution in [3.63, 3.8) is 0 Å². The van der Waals surface area contributed by atoms with E-state index in [1.54, 1.807) is 12.1 Å². The van der Waals surface area contributed by atoms with Crippen molar-refractivity contribution in [3.8, 4) is 11.5 Å². The largest absolute Gasteiger partial charge is 0.493 e. The third-order valence-corrected chi connectivity index (χ3v) is 8.04. The summed E-state index contributed by atoms with van der Waals surface area (Å²) in [5, 5.41) is 12.4. The Morgan fingerprint density at radius 3 is 2.29 bits per heavy atom. The molecule has 1 heterocycles. The summed E-state index contributed by atoms with van der Waals surface area (Å²) in [6.45, 7) is 0. The van der Waals surface area contributed by atoms with Gasteiger partial charge < -0.3 is 20.3 Å². The Balaban J connectivity index is 2.02. The smallest absolute Gasteiger partial charge is 0.265 e. The van der Waals surface area contributed by atoms with E-state index in [1.165, 1.54) is 62.8 Å². The van der Waals surface area contributed by atoms with E-state index in [9.17, 15) is 18.3 Å². The molecule has 0 saturated heterocycles. The summed E-state index contributed by atoms with van der Waals surface area (Å²) < 4.78 is 39.0. The number of halogens is 2. The van der Waals surface area contributed by atoms with E-state index in [1.807, 2.05) is 0 Å². The van der Waals surface area contributed by atoms with Crippen LogP contribution in [0.5, 0.6) is 11.5 Å². The Hall–Kier alpha value is -2.98. The Morgan fingerprint density at radius 2 is 1.68 bits per heavy atom. The van der Waals surface area contributed by atoms with Gasteiger partial charge in [-0.1, -0.05) is 41.4 Å². The van der Waals surface area contributed by atoms with Crippen LogP contribution in [0.15, 0.2) is 65.6 Å². The second-order valence-electron chi connectivity index (χ2n) is 7.53. The van der Waals surface area contributed by atoms with Gasteiger partial charge in [0.05, 0.1) is 24.8 Å². The van der Waals surface area contributed by atoms with Gasteiger partial charge in [-0.3, -0.25) is 4.79 Å². The molecule has 0 aliphatic carbocycles. The maximum Gasteiger partial charge on any atom is 0.265 e. The maximum atomic E-state index is 13.9. The molecule has 1 amide bonds. The molecule has 1 aliphatic rings. The first kappa shape index (κ1) is 24.2. The highest BCUT2D eigenvalue weighted by atomic mass is 35.5. The van der Waals surface area contributed by atoms with Crippen LogP contribution in [0.4, 0.5) is 5.69 Å². The highest BCUT2D eigenvalue weighted by Crippen LogP contribution is 2.52. The second kappa shape index (κ2) is 8.66. The number of ether oxygens (including phenoxy) is 2. The van der Waals surface area contributed by atoms with Crippen molar-refractivity contribution in [2.75, 3.05) is 18.5 Å². The van der Waals surface area contributed by atoms with Gasteiger partial charge in [-0.15, -0.1) is 0 Å². The summed E-state index contributed by atoms with van der Waals surface area (Å²) in [4.78, 5) is 12.6. The number of rotatable bonds is 6. The van der Waals surface area contributed by atoms with Crippen LogP contribution in [0.2, 0.25) is 10.0 Å². The highest BCUT2D eigenvalue weighted by Gasteiger charge is 2.58. The summed E-state index contributed by atoms with van der Waals surface area (Å²) in [5.41, 5.74) is 3.71. The van der Waals surface area contributed by atoms with Gasteiger partial charge in [0.2, 0.25) is 5.91 Å². The van der Waals surface area contributed by atoms with Crippen LogP contribution in [-0.4, -0.2) is 39.7 Å². The molecule has 0 spiro atoms. The van der Waals surface area contributed by atoms with E-state index in [2.05, 4.69) is 0 Å². The van der Waals surface area contributed by atoms with Gasteiger partial charge in [-0.25, -0.2) is 12.7 Å². The van der Waals surface area contributed by atoms with Gasteiger partial charge in [0.15, 0.2) is 17.5 Å². The molecule has 3 aromatic rings. The van der Waals surface area contributed by atoms with Crippen LogP contribution in [0.25, 0.3) is 0 Å². The Kier molecular flexibility index (Phi) is 6.15. The predicted octanol–water partition coefficient (Wildman–Crippen LogP) is 3.31. The fraction of sp³-hybridized carbons (Fsp3) is 0.174. The van der Waals surface area contributed by atoms with Crippen LogP contribution in [0, 0.1) is 0 Å². The van der Waals surface area contributed by atoms with Crippen molar-refractivity contribution < 1.29 is 27.8 Å². The molecule has 178 valence electrons. The molecule has 4 rings (SSSR count). The molecule has 0 fully saturated rings. The molecule has 0 saturated carbocycles. The minimum Gasteiger partial charge on any atom is -0.493 e. The molecular formula is C23H20Cl2N2O6S. The quantitative estimate of drug-likeness (QED) is 0.512. The molecule has 2 unspecified atom stereocenters. The zero-order chi connectivity index (χ0) is 24.8. The molecule has 0 radical (unpaired) electrons. The Bertz CT molecular complexity index is 1400. The number of nitrogens with two attached hydrogens (primary N) is 1. The minimum absolute atomic E-state index is 0.0328. The first-order valence-electron chi connectivity index (χ1n) is 9.90. The van der Waals surface area contributed by atoms with Crippen molar-refractivity contribution in [1.82, 2.24) is 0 Å². The van der Waals surface area contributed by atoms with Crippen LogP contribution in [0.1, 0.15) is 11.1 Å². The van der Waals surface area contributed by atoms with Crippen LogP contribution in [0.3, 0.4) is 0 Å². The average molecular weight is 523 g/mol. The highest BCUT2D eigenvalue weighted by molar-refractivity contribution is 7.93. The van der Waals surface area contributed by atoms with E-state index in [0.717, 1.165) is 4.31 Å². The summed E-state index contributed by atoms with van der Waals surface area (Å²) in [6.07, 6.45) is 0. The number of hydrogen-bond acceptors (Lipinski definition) is 6. The maximum absolute atomic E-state index is 13.9. The number of carbonyl (C=O) groups is 1. The average Bonchev–Trinajstić information content (AvgIpc) is 3.08. The zero-order valence-corrected chi connectivity index (χ0v) is 20.4. The summed E-state index contributed by atoms with van der Waals surface area (Å²) in [7, 11) is -1.68. The van der Waals surface area contributed by atoms with E-state index >= 15 is 0 Å². The lowest BCUT2D eigenvalue weighted by Gasteiger charge is -2.33. The zero-order valence-electron chi connectivity index (χ0n) is 18.0. The lowest BCUT2D eigenvalue weighted by atomic mass is 9.82. The van der Waals surface area contributed by atoms with E-state index in [4.69, 9.17) is 38.4 Å². The van der Waals surface area contributed by atoms with Gasteiger partial charge in [0.25, 0.3) is 10.0 Å². The SMILES string of the molecule is COc1ccc(S(=O)(=O)N2c3ccc(Cl)cc3C(O)(c3ccccc3Cl)C2C(N)=O)cc1OC. The predicted molar refractivity (Wildman–Crippen MR) is 128 cm³/mol. The van der Waals surface area contributed by atoms with Crippen molar-refractivity contribution in [3.05, 3.63) is 81.8 Å². The normalized spacial score (nSPS) is 19.6. The molecule has 0 bridgehead atoms. The summed E-state index contributed by atoms with van der Waals surface area (Å²) >= 11 is 12.6. The number of aliphatic hydroxyl groups is 1. The first-order valence-corrected chi connectivity index (χ1v) is 12.1. The molecule has 34 heavy (non-hydrogen) atoms. The van der Waals surface area contributed by atoms with E-state index in [-0.39, 0.29) is 37.5 Å². The second-order valence-corrected chi connectivity index (χ2v) is 10.2. The van der Waals surface area contributed by atoms with Crippen LogP contribution < -0.4 is 19.5 Å². The third-order valence-electron chi connectivity index (χ3n) is 5.70. The third kappa shape index (κ3) is 3.56. The van der Waals surface area contributed by atoms with Crippen molar-refractivity contribution in [2.24, 2.45) is 5.73 Å². The van der Waals surface area contributed by atoms with Crippen LogP contribution >= 0.6 is 23.2 Å². The molecule has 8 nitrogen and oxygen atoms in total. The topological polar surface area (TPSA) is 119 Å². The Morgan fingerprint density at radius 1 is 1.00 bits per heavy atom. The molecule has 3 aromatic carbocycles. The van der Waals surface area contributed by atoms with E-state index < -0.39 is 27.6 Å². The van der Waals surface area contributed by atoms with Gasteiger partial charge in [-0.2, -0.15) is 0 Å². The number of fused-ring (bicyclic) bond motifs is 1. The number of nitrogens with zero attached hydrogens (tertiary/aromatic N) is 1. The van der Waals surface area contributed by atoms with Crippen molar-refractivity contribution in [1.29, 1.82) is 0 Å². The van der Waals surface area contributed by atoms with Gasteiger partial charge in [-0.05, 0) is 36.4 Å². The minimum atomic E-state index is -4.46. The molecule has 0 aromatic heterocycles. The van der Waals surface area contributed by atoms with Gasteiger partial charge >= 0.3 is 0 Å². The van der Waals surface area contributed by atoms with Gasteiger partial charge in [0.1, 0.15) is 5.60 Å². The number of primary amides is 1. The van der Waals surface area contributed by atoms with Crippen molar-refractivity contribution in [2.45, 2.75) is 16.5 Å². The molecule has 2 atom stereocenters. The monoisotopic (exact) mass is 522 g/mol. The molecule has 1 aliphatic heterocycles. The number of sulfonamides is 1. The van der Waals surface area contributed by atoms with Crippen molar-refractivity contribution >= 4 is 44.8 Å². The standard InChI is InChI=1S/C23H20Cl2N2O6S/c1-32-19-10-8-14(12-20(19)33-2)34(30,31)27-18-9-7-13(24)11-16(18)23(29,21(27)22(26)28)15-5-3-4-6-17(15)25/h3-12,21,29H,1-2H3,(H2,26,28). The fourth-order valence-corrected chi connectivity index (χ4v) is 6.33. The number of benzene rings is 3. The summed E-state index contributed by atoms with van der Waals surface area (Å²) in [5.74, 6) is -0.607. The first-order chi connectivity index (χ1) is 16.1. The molecule has 11 heteroatoms. The van der Waals surface area contributed by atoms with Gasteiger partial charge in [0, 0.05) is 27.2 Å². The molecule has 3 N–H and O–H groups in total. The van der Waals surface area contributed by atoms with E-state index in [0.29, 0.717) is 5.75 Å². The number of carbonyl (C=O) groups excluding carboxylic acids is 1. The fourth-order valence-electron chi connectivity index (χ4n) is 4.20. The molecular weight excluding hydrogens is 503 g/mol. The number of methoxy groups -OCH3 is 2. The number of hydrogen-bond donors (Lipinski definition) is 2.